The SMILES string of the molecule is Cc1cc(C)cc(NC(=O)c2cc(COc3ccccc3[N+](=O)[O-])cs2)c1. The maximum Gasteiger partial charge on any atom is 0.310 e. The number of carbonyl (C=O) groups is 1. The van der Waals surface area contributed by atoms with Gasteiger partial charge in [-0.15, -0.1) is 11.3 Å². The van der Waals surface area contributed by atoms with E-state index >= 15 is 0 Å². The molecule has 2 aromatic carbocycles. The van der Waals surface area contributed by atoms with Crippen LogP contribution in [0.1, 0.15) is 26.4 Å². The van der Waals surface area contributed by atoms with Crippen molar-refractivity contribution in [1.82, 2.24) is 0 Å². The summed E-state index contributed by atoms with van der Waals surface area (Å²) in [5.74, 6) is 0.0110. The molecule has 0 aliphatic rings. The van der Waals surface area contributed by atoms with Crippen molar-refractivity contribution in [2.75, 3.05) is 5.32 Å². The van der Waals surface area contributed by atoms with Crippen molar-refractivity contribution in [3.8, 4) is 5.75 Å². The minimum atomic E-state index is -0.480. The lowest BCUT2D eigenvalue weighted by atomic mass is 10.1. The second kappa shape index (κ2) is 8.01. The van der Waals surface area contributed by atoms with Gasteiger partial charge in [0.2, 0.25) is 0 Å². The van der Waals surface area contributed by atoms with Gasteiger partial charge in [-0.05, 0) is 54.6 Å². The molecule has 0 unspecified atom stereocenters. The zero-order valence-corrected chi connectivity index (χ0v) is 15.7. The molecule has 0 radical (unpaired) electrons. The van der Waals surface area contributed by atoms with Gasteiger partial charge in [0.1, 0.15) is 6.61 Å². The van der Waals surface area contributed by atoms with E-state index in [1.807, 2.05) is 37.4 Å². The van der Waals surface area contributed by atoms with E-state index in [0.29, 0.717) is 4.88 Å². The summed E-state index contributed by atoms with van der Waals surface area (Å²) in [6, 6.07) is 13.8. The van der Waals surface area contributed by atoms with Crippen LogP contribution in [0.15, 0.2) is 53.9 Å². The fourth-order valence-corrected chi connectivity index (χ4v) is 3.49. The number of carbonyl (C=O) groups excluding carboxylic acids is 1. The lowest BCUT2D eigenvalue weighted by Crippen LogP contribution is -2.10. The van der Waals surface area contributed by atoms with E-state index in [1.54, 1.807) is 24.3 Å². The Morgan fingerprint density at radius 1 is 1.15 bits per heavy atom. The van der Waals surface area contributed by atoms with Crippen molar-refractivity contribution in [2.45, 2.75) is 20.5 Å². The van der Waals surface area contributed by atoms with E-state index in [0.717, 1.165) is 22.4 Å². The minimum absolute atomic E-state index is 0.0829. The number of anilines is 1. The first-order valence-electron chi connectivity index (χ1n) is 8.25. The molecular weight excluding hydrogens is 364 g/mol. The molecule has 0 bridgehead atoms. The van der Waals surface area contributed by atoms with Gasteiger partial charge in [-0.2, -0.15) is 0 Å². The molecule has 1 amide bonds. The molecule has 138 valence electrons. The molecule has 0 spiro atoms. The van der Waals surface area contributed by atoms with Gasteiger partial charge >= 0.3 is 5.69 Å². The van der Waals surface area contributed by atoms with Crippen molar-refractivity contribution in [3.05, 3.63) is 85.6 Å². The van der Waals surface area contributed by atoms with Gasteiger partial charge in [0.15, 0.2) is 5.75 Å². The van der Waals surface area contributed by atoms with Crippen molar-refractivity contribution >= 4 is 28.6 Å². The van der Waals surface area contributed by atoms with Crippen LogP contribution in [-0.4, -0.2) is 10.8 Å². The van der Waals surface area contributed by atoms with E-state index in [9.17, 15) is 14.9 Å². The Morgan fingerprint density at radius 3 is 2.56 bits per heavy atom. The molecule has 3 aromatic rings. The number of thiophene rings is 1. The number of nitro benzene ring substituents is 1. The molecule has 0 aliphatic heterocycles. The van der Waals surface area contributed by atoms with Crippen LogP contribution in [-0.2, 0) is 6.61 Å². The van der Waals surface area contributed by atoms with E-state index in [-0.39, 0.29) is 24.0 Å². The Labute approximate surface area is 160 Å². The second-order valence-electron chi connectivity index (χ2n) is 6.16. The largest absolute Gasteiger partial charge is 0.482 e. The number of nitro groups is 1. The summed E-state index contributed by atoms with van der Waals surface area (Å²) in [6.45, 7) is 4.11. The van der Waals surface area contributed by atoms with Crippen LogP contribution in [0.3, 0.4) is 0 Å². The molecule has 27 heavy (non-hydrogen) atoms. The van der Waals surface area contributed by atoms with E-state index in [4.69, 9.17) is 4.74 Å². The molecule has 0 fully saturated rings. The fourth-order valence-electron chi connectivity index (χ4n) is 2.70. The van der Waals surface area contributed by atoms with Gasteiger partial charge in [0, 0.05) is 17.3 Å². The number of amides is 1. The van der Waals surface area contributed by atoms with Crippen LogP contribution in [0.25, 0.3) is 0 Å². The van der Waals surface area contributed by atoms with Gasteiger partial charge in [0.25, 0.3) is 5.91 Å². The Hall–Kier alpha value is -3.19. The summed E-state index contributed by atoms with van der Waals surface area (Å²) in [6.07, 6.45) is 0. The third-order valence-electron chi connectivity index (χ3n) is 3.81. The Balaban J connectivity index is 1.66. The van der Waals surface area contributed by atoms with Crippen LogP contribution in [0.5, 0.6) is 5.75 Å². The molecule has 3 rings (SSSR count). The molecule has 1 aromatic heterocycles. The van der Waals surface area contributed by atoms with Crippen LogP contribution < -0.4 is 10.1 Å². The number of para-hydroxylation sites is 2. The summed E-state index contributed by atoms with van der Waals surface area (Å²) in [5, 5.41) is 15.7. The summed E-state index contributed by atoms with van der Waals surface area (Å²) in [5.41, 5.74) is 3.61. The first-order valence-corrected chi connectivity index (χ1v) is 9.13. The molecule has 1 N–H and O–H groups in total. The van der Waals surface area contributed by atoms with Crippen molar-refractivity contribution in [1.29, 1.82) is 0 Å². The third kappa shape index (κ3) is 4.71. The highest BCUT2D eigenvalue weighted by Gasteiger charge is 2.15. The van der Waals surface area contributed by atoms with Gasteiger partial charge in [-0.1, -0.05) is 18.2 Å². The fraction of sp³-hybridized carbons (Fsp3) is 0.150. The lowest BCUT2D eigenvalue weighted by molar-refractivity contribution is -0.385. The van der Waals surface area contributed by atoms with E-state index < -0.39 is 4.92 Å². The molecular formula is C20H18N2O4S. The zero-order valence-electron chi connectivity index (χ0n) is 14.9. The van der Waals surface area contributed by atoms with Crippen LogP contribution in [0.4, 0.5) is 11.4 Å². The van der Waals surface area contributed by atoms with E-state index in [1.165, 1.54) is 17.4 Å². The minimum Gasteiger partial charge on any atom is -0.482 e. The Morgan fingerprint density at radius 2 is 1.85 bits per heavy atom. The Bertz CT molecular complexity index is 977. The van der Waals surface area contributed by atoms with E-state index in [2.05, 4.69) is 5.32 Å². The van der Waals surface area contributed by atoms with Crippen molar-refractivity contribution in [2.24, 2.45) is 0 Å². The molecule has 6 nitrogen and oxygen atoms in total. The number of ether oxygens (including phenoxy) is 1. The number of nitrogens with zero attached hydrogens (tertiary/aromatic N) is 1. The zero-order chi connectivity index (χ0) is 19.4. The smallest absolute Gasteiger partial charge is 0.310 e. The van der Waals surface area contributed by atoms with Crippen LogP contribution >= 0.6 is 11.3 Å². The maximum absolute atomic E-state index is 12.4. The summed E-state index contributed by atoms with van der Waals surface area (Å²) in [7, 11) is 0. The monoisotopic (exact) mass is 382 g/mol. The summed E-state index contributed by atoms with van der Waals surface area (Å²) in [4.78, 5) is 23.5. The number of rotatable bonds is 6. The topological polar surface area (TPSA) is 81.5 Å². The first-order chi connectivity index (χ1) is 12.9. The quantitative estimate of drug-likeness (QED) is 0.475. The summed E-state index contributed by atoms with van der Waals surface area (Å²) >= 11 is 1.31. The standard InChI is InChI=1S/C20H18N2O4S/c1-13-7-14(2)9-16(8-13)21-20(23)19-10-15(12-27-19)11-26-18-6-4-3-5-17(18)22(24)25/h3-10,12H,11H2,1-2H3,(H,21,23). The van der Waals surface area contributed by atoms with Crippen molar-refractivity contribution in [3.63, 3.8) is 0 Å². The molecule has 1 heterocycles. The average Bonchev–Trinajstić information content (AvgIpc) is 3.08. The maximum atomic E-state index is 12.4. The van der Waals surface area contributed by atoms with Gasteiger partial charge in [-0.3, -0.25) is 14.9 Å². The van der Waals surface area contributed by atoms with Crippen LogP contribution in [0.2, 0.25) is 0 Å². The van der Waals surface area contributed by atoms with Crippen LogP contribution in [0, 0.1) is 24.0 Å². The highest BCUT2D eigenvalue weighted by molar-refractivity contribution is 7.12. The number of aryl methyl sites for hydroxylation is 2. The highest BCUT2D eigenvalue weighted by Crippen LogP contribution is 2.27. The van der Waals surface area contributed by atoms with Gasteiger partial charge in [0.05, 0.1) is 9.80 Å². The third-order valence-corrected chi connectivity index (χ3v) is 4.79. The van der Waals surface area contributed by atoms with Gasteiger partial charge in [-0.25, -0.2) is 0 Å². The predicted octanol–water partition coefficient (Wildman–Crippen LogP) is 5.10. The number of benzene rings is 2. The highest BCUT2D eigenvalue weighted by atomic mass is 32.1. The second-order valence-corrected chi connectivity index (χ2v) is 7.07. The first kappa shape index (κ1) is 18.6. The molecule has 0 saturated carbocycles. The number of hydrogen-bond acceptors (Lipinski definition) is 5. The molecule has 0 saturated heterocycles. The predicted molar refractivity (Wildman–Crippen MR) is 106 cm³/mol. The molecule has 7 heteroatoms. The van der Waals surface area contributed by atoms with Crippen molar-refractivity contribution < 1.29 is 14.5 Å². The van der Waals surface area contributed by atoms with Gasteiger partial charge < -0.3 is 10.1 Å². The Kier molecular flexibility index (Phi) is 5.52. The molecule has 0 aliphatic carbocycles. The normalized spacial score (nSPS) is 10.4. The lowest BCUT2D eigenvalue weighted by Gasteiger charge is -2.06. The molecule has 0 atom stereocenters. The average molecular weight is 382 g/mol. The summed E-state index contributed by atoms with van der Waals surface area (Å²) < 4.78 is 5.56. The number of nitrogens with one attached hydrogen (secondary N) is 1. The number of hydrogen-bond donors (Lipinski definition) is 1.